The minimum Gasteiger partial charge on any atom is -0.323 e. The van der Waals surface area contributed by atoms with Gasteiger partial charge in [-0.1, -0.05) is 38.1 Å². The molecule has 2 nitrogen and oxygen atoms in total. The van der Waals surface area contributed by atoms with Crippen molar-refractivity contribution in [3.63, 3.8) is 0 Å². The second kappa shape index (κ2) is 6.21. The molecule has 0 aliphatic rings. The molecule has 1 aromatic heterocycles. The number of para-hydroxylation sites is 1. The van der Waals surface area contributed by atoms with E-state index in [2.05, 4.69) is 43.1 Å². The van der Waals surface area contributed by atoms with Crippen LogP contribution in [0.3, 0.4) is 0 Å². The number of benzene rings is 1. The molecule has 0 spiro atoms. The fourth-order valence-electron chi connectivity index (χ4n) is 1.95. The standard InChI is InChI=1S/C15H20N2S/c1-11(2)9-18-10-14(16)13-7-3-5-12-6-4-8-17-15(12)13/h3-8,11,14H,9-10,16H2,1-2H3. The van der Waals surface area contributed by atoms with E-state index < -0.39 is 0 Å². The lowest BCUT2D eigenvalue weighted by atomic mass is 10.0. The van der Waals surface area contributed by atoms with E-state index in [0.29, 0.717) is 5.92 Å². The summed E-state index contributed by atoms with van der Waals surface area (Å²) in [4.78, 5) is 4.46. The third kappa shape index (κ3) is 3.24. The zero-order valence-corrected chi connectivity index (χ0v) is 11.8. The molecule has 0 radical (unpaired) electrons. The van der Waals surface area contributed by atoms with E-state index in [4.69, 9.17) is 5.73 Å². The second-order valence-corrected chi connectivity index (χ2v) is 6.04. The maximum Gasteiger partial charge on any atom is 0.0749 e. The molecule has 0 saturated heterocycles. The Morgan fingerprint density at radius 3 is 2.72 bits per heavy atom. The van der Waals surface area contributed by atoms with Crippen LogP contribution in [0.15, 0.2) is 36.5 Å². The molecule has 96 valence electrons. The third-order valence-electron chi connectivity index (χ3n) is 2.81. The third-order valence-corrected chi connectivity index (χ3v) is 4.31. The number of fused-ring (bicyclic) bond motifs is 1. The molecule has 1 atom stereocenters. The van der Waals surface area contributed by atoms with Crippen LogP contribution in [0.4, 0.5) is 0 Å². The molecule has 0 fully saturated rings. The molecule has 0 bridgehead atoms. The number of thioether (sulfide) groups is 1. The van der Waals surface area contributed by atoms with Crippen molar-refractivity contribution in [1.82, 2.24) is 4.98 Å². The molecular formula is C15H20N2S. The highest BCUT2D eigenvalue weighted by atomic mass is 32.2. The van der Waals surface area contributed by atoms with Crippen molar-refractivity contribution >= 4 is 22.7 Å². The Hall–Kier alpha value is -1.06. The fourth-order valence-corrected chi connectivity index (χ4v) is 2.99. The van der Waals surface area contributed by atoms with Gasteiger partial charge >= 0.3 is 0 Å². The lowest BCUT2D eigenvalue weighted by molar-refractivity contribution is 0.746. The smallest absolute Gasteiger partial charge is 0.0749 e. The monoisotopic (exact) mass is 260 g/mol. The van der Waals surface area contributed by atoms with Crippen LogP contribution in [0.1, 0.15) is 25.5 Å². The summed E-state index contributed by atoms with van der Waals surface area (Å²) in [6.45, 7) is 4.47. The van der Waals surface area contributed by atoms with Crippen molar-refractivity contribution in [2.45, 2.75) is 19.9 Å². The highest BCUT2D eigenvalue weighted by Crippen LogP contribution is 2.24. The number of pyridine rings is 1. The topological polar surface area (TPSA) is 38.9 Å². The minimum atomic E-state index is 0.0624. The minimum absolute atomic E-state index is 0.0624. The molecule has 1 unspecified atom stereocenters. The van der Waals surface area contributed by atoms with Gasteiger partial charge in [0, 0.05) is 23.4 Å². The predicted octanol–water partition coefficient (Wildman–Crippen LogP) is 3.62. The molecule has 1 aromatic carbocycles. The first-order valence-corrected chi connectivity index (χ1v) is 7.51. The van der Waals surface area contributed by atoms with Gasteiger partial charge in [-0.15, -0.1) is 0 Å². The van der Waals surface area contributed by atoms with E-state index in [0.717, 1.165) is 22.6 Å². The summed E-state index contributed by atoms with van der Waals surface area (Å²) in [7, 11) is 0. The van der Waals surface area contributed by atoms with Crippen LogP contribution in [-0.2, 0) is 0 Å². The van der Waals surface area contributed by atoms with Crippen LogP contribution in [0, 0.1) is 5.92 Å². The predicted molar refractivity (Wildman–Crippen MR) is 80.8 cm³/mol. The molecule has 3 heteroatoms. The molecular weight excluding hydrogens is 240 g/mol. The molecule has 1 heterocycles. The van der Waals surface area contributed by atoms with Gasteiger partial charge in [-0.2, -0.15) is 11.8 Å². The van der Waals surface area contributed by atoms with Gasteiger partial charge in [0.1, 0.15) is 0 Å². The first-order chi connectivity index (χ1) is 8.68. The number of hydrogen-bond acceptors (Lipinski definition) is 3. The van der Waals surface area contributed by atoms with E-state index in [1.807, 2.05) is 24.0 Å². The van der Waals surface area contributed by atoms with Crippen LogP contribution in [0.2, 0.25) is 0 Å². The van der Waals surface area contributed by atoms with Crippen molar-refractivity contribution in [3.05, 3.63) is 42.1 Å². The van der Waals surface area contributed by atoms with Gasteiger partial charge in [-0.25, -0.2) is 0 Å². The van der Waals surface area contributed by atoms with Crippen LogP contribution in [0.5, 0.6) is 0 Å². The van der Waals surface area contributed by atoms with Gasteiger partial charge in [0.15, 0.2) is 0 Å². The number of nitrogens with zero attached hydrogens (tertiary/aromatic N) is 1. The molecule has 0 saturated carbocycles. The Bertz CT molecular complexity index is 505. The van der Waals surface area contributed by atoms with E-state index in [9.17, 15) is 0 Å². The van der Waals surface area contributed by atoms with Crippen molar-refractivity contribution in [2.24, 2.45) is 11.7 Å². The molecule has 0 amide bonds. The van der Waals surface area contributed by atoms with E-state index in [1.54, 1.807) is 0 Å². The summed E-state index contributed by atoms with van der Waals surface area (Å²) in [5.41, 5.74) is 8.48. The Labute approximate surface area is 113 Å². The van der Waals surface area contributed by atoms with Crippen LogP contribution in [0.25, 0.3) is 10.9 Å². The van der Waals surface area contributed by atoms with E-state index in [-0.39, 0.29) is 6.04 Å². The maximum absolute atomic E-state index is 6.29. The Morgan fingerprint density at radius 1 is 1.17 bits per heavy atom. The Balaban J connectivity index is 2.15. The van der Waals surface area contributed by atoms with Crippen LogP contribution in [-0.4, -0.2) is 16.5 Å². The van der Waals surface area contributed by atoms with Crippen molar-refractivity contribution in [2.75, 3.05) is 11.5 Å². The van der Waals surface area contributed by atoms with Gasteiger partial charge in [-0.3, -0.25) is 4.98 Å². The van der Waals surface area contributed by atoms with Crippen molar-refractivity contribution in [3.8, 4) is 0 Å². The fraction of sp³-hybridized carbons (Fsp3) is 0.400. The lowest BCUT2D eigenvalue weighted by Gasteiger charge is -2.14. The zero-order chi connectivity index (χ0) is 13.0. The Kier molecular flexibility index (Phi) is 4.61. The van der Waals surface area contributed by atoms with Crippen molar-refractivity contribution < 1.29 is 0 Å². The highest BCUT2D eigenvalue weighted by Gasteiger charge is 2.10. The number of hydrogen-bond donors (Lipinski definition) is 1. The molecule has 0 aliphatic carbocycles. The second-order valence-electron chi connectivity index (χ2n) is 4.96. The van der Waals surface area contributed by atoms with Crippen molar-refractivity contribution in [1.29, 1.82) is 0 Å². The van der Waals surface area contributed by atoms with Crippen LogP contribution < -0.4 is 5.73 Å². The average molecular weight is 260 g/mol. The molecule has 2 rings (SSSR count). The van der Waals surface area contributed by atoms with E-state index in [1.165, 1.54) is 5.39 Å². The van der Waals surface area contributed by atoms with Gasteiger partial charge in [0.2, 0.25) is 0 Å². The molecule has 2 aromatic rings. The SMILES string of the molecule is CC(C)CSCC(N)c1cccc2cccnc12. The summed E-state index contributed by atoms with van der Waals surface area (Å²) in [5.74, 6) is 2.83. The molecule has 0 aliphatic heterocycles. The molecule has 18 heavy (non-hydrogen) atoms. The summed E-state index contributed by atoms with van der Waals surface area (Å²) in [5, 5.41) is 1.17. The normalized spacial score (nSPS) is 13.1. The number of rotatable bonds is 5. The van der Waals surface area contributed by atoms with Crippen LogP contribution >= 0.6 is 11.8 Å². The summed E-state index contributed by atoms with van der Waals surface area (Å²) >= 11 is 1.92. The van der Waals surface area contributed by atoms with Gasteiger partial charge < -0.3 is 5.73 Å². The first-order valence-electron chi connectivity index (χ1n) is 6.35. The largest absolute Gasteiger partial charge is 0.323 e. The van der Waals surface area contributed by atoms with Gasteiger partial charge in [0.05, 0.1) is 5.52 Å². The van der Waals surface area contributed by atoms with Gasteiger partial charge in [0.25, 0.3) is 0 Å². The first kappa shape index (κ1) is 13.4. The highest BCUT2D eigenvalue weighted by molar-refractivity contribution is 7.99. The molecule has 2 N–H and O–H groups in total. The summed E-state index contributed by atoms with van der Waals surface area (Å²) < 4.78 is 0. The summed E-state index contributed by atoms with van der Waals surface area (Å²) in [6, 6.07) is 10.3. The Morgan fingerprint density at radius 2 is 1.94 bits per heavy atom. The zero-order valence-electron chi connectivity index (χ0n) is 11.0. The quantitative estimate of drug-likeness (QED) is 0.892. The number of aromatic nitrogens is 1. The number of nitrogens with two attached hydrogens (primary N) is 1. The van der Waals surface area contributed by atoms with Gasteiger partial charge in [-0.05, 0) is 23.3 Å². The maximum atomic E-state index is 6.29. The average Bonchev–Trinajstić information content (AvgIpc) is 2.37. The lowest BCUT2D eigenvalue weighted by Crippen LogP contribution is -2.14. The van der Waals surface area contributed by atoms with E-state index >= 15 is 0 Å². The summed E-state index contributed by atoms with van der Waals surface area (Å²) in [6.07, 6.45) is 1.83.